The van der Waals surface area contributed by atoms with E-state index >= 15 is 0 Å². The number of ether oxygens (including phenoxy) is 1. The van der Waals surface area contributed by atoms with Gasteiger partial charge in [0.15, 0.2) is 0 Å². The second kappa shape index (κ2) is 12.7. The lowest BCUT2D eigenvalue weighted by Crippen LogP contribution is -2.41. The maximum Gasteiger partial charge on any atom is 0.416 e. The highest BCUT2D eigenvalue weighted by atomic mass is 19.4. The molecule has 0 fully saturated rings. The Hall–Kier alpha value is -5.74. The average Bonchev–Trinajstić information content (AvgIpc) is 3.46. The fourth-order valence-electron chi connectivity index (χ4n) is 6.45. The van der Waals surface area contributed by atoms with Crippen LogP contribution in [-0.4, -0.2) is 58.0 Å². The molecule has 13 heteroatoms. The molecule has 2 aromatic heterocycles. The standard InChI is InChI=1S/C36H32F3N7O3/c1-22-31(33(47)49-4)32(45-34(42-43-35(45)48)44(22)27-10-7-9-26(19-27)36(37,38)39)29-13-12-23(20-40)18-25(29)15-17-46(2,3)21-30-28-11-6-5-8-24(28)14-16-41-30/h5-14,16,18-19,32H,15,17,21H2,1-4H3/p+1/t32-/m1/s1. The second-order valence-corrected chi connectivity index (χ2v) is 12.5. The molecule has 10 nitrogen and oxygen atoms in total. The number of pyridine rings is 1. The van der Waals surface area contributed by atoms with Gasteiger partial charge in [-0.25, -0.2) is 19.3 Å². The molecule has 3 aromatic carbocycles. The summed E-state index contributed by atoms with van der Waals surface area (Å²) in [5.74, 6) is -0.778. The largest absolute Gasteiger partial charge is 0.466 e. The number of halogens is 3. The van der Waals surface area contributed by atoms with Crippen LogP contribution in [-0.2, 0) is 28.7 Å². The Balaban J connectivity index is 1.44. The number of alkyl halides is 3. The summed E-state index contributed by atoms with van der Waals surface area (Å²) >= 11 is 0. The molecule has 49 heavy (non-hydrogen) atoms. The number of anilines is 2. The molecule has 3 heterocycles. The molecule has 1 aliphatic heterocycles. The molecule has 0 spiro atoms. The Morgan fingerprint density at radius 2 is 1.86 bits per heavy atom. The van der Waals surface area contributed by atoms with Crippen molar-refractivity contribution in [2.75, 3.05) is 32.6 Å². The van der Waals surface area contributed by atoms with E-state index in [9.17, 15) is 28.0 Å². The van der Waals surface area contributed by atoms with Gasteiger partial charge in [-0.05, 0) is 59.8 Å². The lowest BCUT2D eigenvalue weighted by molar-refractivity contribution is -0.903. The number of quaternary nitrogens is 1. The minimum atomic E-state index is -4.63. The van der Waals surface area contributed by atoms with E-state index in [1.165, 1.54) is 28.7 Å². The van der Waals surface area contributed by atoms with Crippen molar-refractivity contribution in [3.8, 4) is 6.07 Å². The second-order valence-electron chi connectivity index (χ2n) is 12.5. The van der Waals surface area contributed by atoms with Gasteiger partial charge in [0.25, 0.3) is 0 Å². The van der Waals surface area contributed by atoms with Crippen molar-refractivity contribution in [1.29, 1.82) is 5.26 Å². The van der Waals surface area contributed by atoms with Crippen LogP contribution in [0.2, 0.25) is 0 Å². The first-order valence-electron chi connectivity index (χ1n) is 15.4. The van der Waals surface area contributed by atoms with Gasteiger partial charge in [0.1, 0.15) is 18.3 Å². The third-order valence-electron chi connectivity index (χ3n) is 8.87. The van der Waals surface area contributed by atoms with Crippen LogP contribution in [0.5, 0.6) is 0 Å². The van der Waals surface area contributed by atoms with E-state index in [0.29, 0.717) is 40.7 Å². The Morgan fingerprint density at radius 1 is 1.08 bits per heavy atom. The summed E-state index contributed by atoms with van der Waals surface area (Å²) in [5.41, 5.74) is 1.33. The number of hydrogen-bond donors (Lipinski definition) is 1. The van der Waals surface area contributed by atoms with Gasteiger partial charge in [-0.15, -0.1) is 5.10 Å². The van der Waals surface area contributed by atoms with Gasteiger partial charge in [0, 0.05) is 29.4 Å². The van der Waals surface area contributed by atoms with Crippen molar-refractivity contribution in [1.82, 2.24) is 19.7 Å². The number of likely N-dealkylation sites (N-methyl/N-ethyl adjacent to an activating group) is 1. The SMILES string of the molecule is COC(=O)C1=C(C)N(c2cccc(C(F)(F)F)c2)c2n[nH]c(=O)n2[C@@H]1c1ccc(C#N)cc1CC[N+](C)(C)Cc1nccc2ccccc12. The minimum Gasteiger partial charge on any atom is -0.466 e. The highest BCUT2D eigenvalue weighted by Gasteiger charge is 2.41. The lowest BCUT2D eigenvalue weighted by Gasteiger charge is -2.36. The molecule has 250 valence electrons. The Morgan fingerprint density at radius 3 is 2.59 bits per heavy atom. The van der Waals surface area contributed by atoms with Gasteiger partial charge < -0.3 is 9.22 Å². The number of methoxy groups -OCH3 is 1. The molecule has 0 amide bonds. The maximum absolute atomic E-state index is 13.7. The van der Waals surface area contributed by atoms with E-state index in [2.05, 4.69) is 35.3 Å². The zero-order chi connectivity index (χ0) is 35.1. The molecule has 0 bridgehead atoms. The number of H-pyrrole nitrogens is 1. The van der Waals surface area contributed by atoms with Crippen molar-refractivity contribution in [3.63, 3.8) is 0 Å². The first kappa shape index (κ1) is 33.2. The summed E-state index contributed by atoms with van der Waals surface area (Å²) in [5, 5.41) is 18.6. The lowest BCUT2D eigenvalue weighted by atomic mass is 9.89. The summed E-state index contributed by atoms with van der Waals surface area (Å²) in [4.78, 5) is 33.0. The van der Waals surface area contributed by atoms with E-state index in [4.69, 9.17) is 4.74 Å². The fraction of sp³-hybridized carbons (Fsp3) is 0.250. The minimum absolute atomic E-state index is 0.00655. The fourth-order valence-corrected chi connectivity index (χ4v) is 6.45. The number of benzene rings is 3. The van der Waals surface area contributed by atoms with E-state index in [-0.39, 0.29) is 22.9 Å². The number of fused-ring (bicyclic) bond motifs is 2. The van der Waals surface area contributed by atoms with Gasteiger partial charge in [-0.3, -0.25) is 9.88 Å². The third-order valence-corrected chi connectivity index (χ3v) is 8.87. The van der Waals surface area contributed by atoms with Gasteiger partial charge in [-0.2, -0.15) is 18.4 Å². The summed E-state index contributed by atoms with van der Waals surface area (Å²) in [6.45, 7) is 2.78. The van der Waals surface area contributed by atoms with Crippen LogP contribution >= 0.6 is 0 Å². The summed E-state index contributed by atoms with van der Waals surface area (Å²) in [7, 11) is 5.35. The molecule has 1 aliphatic rings. The normalized spacial score (nSPS) is 14.9. The predicted molar refractivity (Wildman–Crippen MR) is 177 cm³/mol. The van der Waals surface area contributed by atoms with Crippen LogP contribution in [0, 0.1) is 11.3 Å². The number of allylic oxidation sites excluding steroid dienone is 1. The van der Waals surface area contributed by atoms with Gasteiger partial charge in [0.2, 0.25) is 5.95 Å². The Kier molecular flexibility index (Phi) is 8.60. The Labute approximate surface area is 279 Å². The number of aromatic amines is 1. The van der Waals surface area contributed by atoms with Gasteiger partial charge >= 0.3 is 17.8 Å². The van der Waals surface area contributed by atoms with Crippen molar-refractivity contribution >= 4 is 28.4 Å². The van der Waals surface area contributed by atoms with E-state index < -0.39 is 29.4 Å². The molecule has 6 rings (SSSR count). The zero-order valence-electron chi connectivity index (χ0n) is 27.2. The van der Waals surface area contributed by atoms with Crippen LogP contribution in [0.25, 0.3) is 10.8 Å². The van der Waals surface area contributed by atoms with E-state index in [1.807, 2.05) is 30.3 Å². The van der Waals surface area contributed by atoms with Gasteiger partial charge in [0.05, 0.1) is 50.5 Å². The van der Waals surface area contributed by atoms with Crippen LogP contribution in [0.1, 0.15) is 40.9 Å². The van der Waals surface area contributed by atoms with Crippen molar-refractivity contribution in [2.24, 2.45) is 0 Å². The van der Waals surface area contributed by atoms with Crippen LogP contribution < -0.4 is 10.6 Å². The van der Waals surface area contributed by atoms with Crippen LogP contribution in [0.3, 0.4) is 0 Å². The smallest absolute Gasteiger partial charge is 0.416 e. The number of carbonyl (C=O) groups excluding carboxylic acids is 1. The molecule has 0 saturated carbocycles. The third kappa shape index (κ3) is 6.30. The molecule has 5 aromatic rings. The molecule has 0 radical (unpaired) electrons. The molecular weight excluding hydrogens is 635 g/mol. The quantitative estimate of drug-likeness (QED) is 0.159. The first-order valence-corrected chi connectivity index (χ1v) is 15.4. The van der Waals surface area contributed by atoms with Crippen LogP contribution in [0.15, 0.2) is 95.1 Å². The molecule has 1 N–H and O–H groups in total. The van der Waals surface area contributed by atoms with Gasteiger partial charge in [-0.1, -0.05) is 36.4 Å². The number of esters is 1. The molecule has 0 saturated heterocycles. The topological polar surface area (TPSA) is 117 Å². The monoisotopic (exact) mass is 668 g/mol. The molecule has 0 unspecified atom stereocenters. The highest BCUT2D eigenvalue weighted by molar-refractivity contribution is 5.93. The number of nitriles is 1. The Bertz CT molecular complexity index is 2210. The summed E-state index contributed by atoms with van der Waals surface area (Å²) in [6.07, 6.45) is -2.39. The van der Waals surface area contributed by atoms with Crippen molar-refractivity contribution in [2.45, 2.75) is 32.1 Å². The van der Waals surface area contributed by atoms with E-state index in [1.54, 1.807) is 31.3 Å². The van der Waals surface area contributed by atoms with E-state index in [0.717, 1.165) is 28.6 Å². The first-order chi connectivity index (χ1) is 23.3. The number of carbonyl (C=O) groups is 1. The number of aromatic nitrogens is 4. The average molecular weight is 669 g/mol. The maximum atomic E-state index is 13.7. The van der Waals surface area contributed by atoms with Crippen molar-refractivity contribution < 1.29 is 27.2 Å². The highest BCUT2D eigenvalue weighted by Crippen LogP contribution is 2.43. The predicted octanol–water partition coefficient (Wildman–Crippen LogP) is 6.02. The molecule has 1 atom stereocenters. The van der Waals surface area contributed by atoms with Crippen LogP contribution in [0.4, 0.5) is 24.8 Å². The number of hydrogen-bond acceptors (Lipinski definition) is 7. The summed E-state index contributed by atoms with van der Waals surface area (Å²) in [6, 6.07) is 20.7. The number of nitrogens with zero attached hydrogens (tertiary/aromatic N) is 6. The number of nitrogens with one attached hydrogen (secondary N) is 1. The number of rotatable bonds is 8. The molecule has 0 aliphatic carbocycles. The summed E-state index contributed by atoms with van der Waals surface area (Å²) < 4.78 is 48.1. The zero-order valence-corrected chi connectivity index (χ0v) is 27.2. The molecular formula is C36H33F3N7O3+. The van der Waals surface area contributed by atoms with Crippen molar-refractivity contribution in [3.05, 3.63) is 129 Å².